The van der Waals surface area contributed by atoms with Crippen LogP contribution < -0.4 is 5.32 Å². The molecular weight excluding hydrogens is 276 g/mol. The number of aryl methyl sites for hydroxylation is 1. The molecule has 1 heterocycles. The maximum absolute atomic E-state index is 12.0. The number of rotatable bonds is 4. The predicted molar refractivity (Wildman–Crippen MR) is 79.9 cm³/mol. The molecule has 20 heavy (non-hydrogen) atoms. The van der Waals surface area contributed by atoms with Crippen LogP contribution in [0.2, 0.25) is 5.02 Å². The summed E-state index contributed by atoms with van der Waals surface area (Å²) in [5.41, 5.74) is 2.35. The number of nitrogens with one attached hydrogen (secondary N) is 1. The Kier molecular flexibility index (Phi) is 5.40. The van der Waals surface area contributed by atoms with Gasteiger partial charge in [0.1, 0.15) is 6.04 Å². The molecule has 2 rings (SSSR count). The van der Waals surface area contributed by atoms with Gasteiger partial charge < -0.3 is 10.1 Å². The molecule has 1 aliphatic heterocycles. The van der Waals surface area contributed by atoms with Crippen LogP contribution in [0.5, 0.6) is 0 Å². The Morgan fingerprint density at radius 1 is 1.55 bits per heavy atom. The molecule has 1 saturated heterocycles. The average Bonchev–Trinajstić information content (AvgIpc) is 2.43. The Balaban J connectivity index is 2.10. The zero-order valence-electron chi connectivity index (χ0n) is 12.0. The van der Waals surface area contributed by atoms with Crippen LogP contribution in [0.15, 0.2) is 18.2 Å². The Morgan fingerprint density at radius 3 is 3.05 bits per heavy atom. The summed E-state index contributed by atoms with van der Waals surface area (Å²) < 4.78 is 5.16. The topological polar surface area (TPSA) is 41.6 Å². The molecule has 5 heteroatoms. The van der Waals surface area contributed by atoms with Crippen molar-refractivity contribution in [2.45, 2.75) is 26.4 Å². The van der Waals surface area contributed by atoms with Crippen LogP contribution >= 0.6 is 11.6 Å². The summed E-state index contributed by atoms with van der Waals surface area (Å²) in [5.74, 6) is -0.147. The van der Waals surface area contributed by atoms with Crippen molar-refractivity contribution in [1.82, 2.24) is 10.2 Å². The monoisotopic (exact) mass is 296 g/mol. The summed E-state index contributed by atoms with van der Waals surface area (Å²) in [5, 5.41) is 3.99. The first-order valence-electron chi connectivity index (χ1n) is 6.98. The summed E-state index contributed by atoms with van der Waals surface area (Å²) in [6.07, 6.45) is 0. The van der Waals surface area contributed by atoms with E-state index in [1.807, 2.05) is 32.0 Å². The maximum Gasteiger partial charge on any atom is 0.324 e. The molecule has 110 valence electrons. The zero-order chi connectivity index (χ0) is 14.5. The lowest BCUT2D eigenvalue weighted by Gasteiger charge is -2.34. The molecule has 1 fully saturated rings. The summed E-state index contributed by atoms with van der Waals surface area (Å²) in [6.45, 7) is 7.42. The molecule has 0 saturated carbocycles. The van der Waals surface area contributed by atoms with E-state index in [2.05, 4.69) is 10.2 Å². The fraction of sp³-hybridized carbons (Fsp3) is 0.533. The first-order chi connectivity index (χ1) is 9.61. The lowest BCUT2D eigenvalue weighted by Crippen LogP contribution is -2.54. The summed E-state index contributed by atoms with van der Waals surface area (Å²) in [6, 6.07) is 5.67. The number of esters is 1. The van der Waals surface area contributed by atoms with E-state index in [0.29, 0.717) is 13.2 Å². The Labute approximate surface area is 125 Å². The third-order valence-corrected chi connectivity index (χ3v) is 3.83. The van der Waals surface area contributed by atoms with Crippen LogP contribution in [-0.4, -0.2) is 43.2 Å². The van der Waals surface area contributed by atoms with E-state index in [4.69, 9.17) is 16.3 Å². The number of hydrogen-bond donors (Lipinski definition) is 1. The van der Waals surface area contributed by atoms with E-state index in [-0.39, 0.29) is 12.0 Å². The molecule has 0 spiro atoms. The van der Waals surface area contributed by atoms with Gasteiger partial charge in [-0.2, -0.15) is 0 Å². The fourth-order valence-corrected chi connectivity index (χ4v) is 2.69. The average molecular weight is 297 g/mol. The highest BCUT2D eigenvalue weighted by Crippen LogP contribution is 2.18. The Morgan fingerprint density at radius 2 is 2.35 bits per heavy atom. The minimum absolute atomic E-state index is 0.147. The second-order valence-corrected chi connectivity index (χ2v) is 5.45. The SMILES string of the molecule is CCOC(=O)C1CNCCN1Cc1ccc(Cl)cc1C. The third-order valence-electron chi connectivity index (χ3n) is 3.59. The number of hydrogen-bond acceptors (Lipinski definition) is 4. The van der Waals surface area contributed by atoms with Crippen molar-refractivity contribution < 1.29 is 9.53 Å². The molecule has 0 radical (unpaired) electrons. The van der Waals surface area contributed by atoms with E-state index in [0.717, 1.165) is 30.2 Å². The molecule has 1 aliphatic rings. The Hall–Kier alpha value is -1.10. The van der Waals surface area contributed by atoms with Crippen LogP contribution in [0.3, 0.4) is 0 Å². The van der Waals surface area contributed by atoms with Crippen molar-refractivity contribution in [1.29, 1.82) is 0 Å². The lowest BCUT2D eigenvalue weighted by molar-refractivity contribution is -0.150. The highest BCUT2D eigenvalue weighted by atomic mass is 35.5. The van der Waals surface area contributed by atoms with Gasteiger partial charge in [0.2, 0.25) is 0 Å². The summed E-state index contributed by atoms with van der Waals surface area (Å²) in [4.78, 5) is 14.2. The van der Waals surface area contributed by atoms with Gasteiger partial charge in [-0.15, -0.1) is 0 Å². The van der Waals surface area contributed by atoms with Crippen LogP contribution in [0, 0.1) is 6.92 Å². The highest BCUT2D eigenvalue weighted by Gasteiger charge is 2.29. The second kappa shape index (κ2) is 7.07. The van der Waals surface area contributed by atoms with Crippen molar-refractivity contribution in [3.05, 3.63) is 34.3 Å². The number of piperazine rings is 1. The smallest absolute Gasteiger partial charge is 0.324 e. The van der Waals surface area contributed by atoms with Gasteiger partial charge in [0.15, 0.2) is 0 Å². The van der Waals surface area contributed by atoms with E-state index < -0.39 is 0 Å². The molecule has 4 nitrogen and oxygen atoms in total. The molecule has 1 aromatic rings. The number of carbonyl (C=O) groups is 1. The summed E-state index contributed by atoms with van der Waals surface area (Å²) in [7, 11) is 0. The highest BCUT2D eigenvalue weighted by molar-refractivity contribution is 6.30. The molecule has 0 bridgehead atoms. The standard InChI is InChI=1S/C15H21ClN2O2/c1-3-20-15(19)14-9-17-6-7-18(14)10-12-4-5-13(16)8-11(12)2/h4-5,8,14,17H,3,6-7,9-10H2,1-2H3. The number of ether oxygens (including phenoxy) is 1. The molecular formula is C15H21ClN2O2. The minimum Gasteiger partial charge on any atom is -0.465 e. The van der Waals surface area contributed by atoms with Crippen LogP contribution in [0.4, 0.5) is 0 Å². The molecule has 1 N–H and O–H groups in total. The van der Waals surface area contributed by atoms with Crippen molar-refractivity contribution in [2.24, 2.45) is 0 Å². The number of halogens is 1. The van der Waals surface area contributed by atoms with Gasteiger partial charge in [-0.25, -0.2) is 0 Å². The van der Waals surface area contributed by atoms with E-state index in [9.17, 15) is 4.79 Å². The fourth-order valence-electron chi connectivity index (χ4n) is 2.46. The number of carbonyl (C=O) groups excluding carboxylic acids is 1. The normalized spacial score (nSPS) is 19.9. The van der Waals surface area contributed by atoms with E-state index in [1.165, 1.54) is 5.56 Å². The minimum atomic E-state index is -0.209. The van der Waals surface area contributed by atoms with Crippen molar-refractivity contribution in [2.75, 3.05) is 26.2 Å². The van der Waals surface area contributed by atoms with Gasteiger partial charge in [0.25, 0.3) is 0 Å². The molecule has 0 amide bonds. The predicted octanol–water partition coefficient (Wildman–Crippen LogP) is 1.99. The van der Waals surface area contributed by atoms with Gasteiger partial charge in [-0.1, -0.05) is 17.7 Å². The van der Waals surface area contributed by atoms with Gasteiger partial charge in [-0.3, -0.25) is 9.69 Å². The molecule has 1 atom stereocenters. The van der Waals surface area contributed by atoms with Gasteiger partial charge in [-0.05, 0) is 37.1 Å². The molecule has 1 aromatic carbocycles. The van der Waals surface area contributed by atoms with Crippen LogP contribution in [0.25, 0.3) is 0 Å². The third kappa shape index (κ3) is 3.72. The zero-order valence-corrected chi connectivity index (χ0v) is 12.7. The first-order valence-corrected chi connectivity index (χ1v) is 7.36. The van der Waals surface area contributed by atoms with Crippen LogP contribution in [-0.2, 0) is 16.1 Å². The molecule has 0 aliphatic carbocycles. The Bertz CT molecular complexity index is 479. The van der Waals surface area contributed by atoms with Gasteiger partial charge in [0, 0.05) is 31.2 Å². The largest absolute Gasteiger partial charge is 0.465 e. The van der Waals surface area contributed by atoms with Crippen molar-refractivity contribution in [3.63, 3.8) is 0 Å². The van der Waals surface area contributed by atoms with E-state index >= 15 is 0 Å². The first kappa shape index (κ1) is 15.3. The van der Waals surface area contributed by atoms with E-state index in [1.54, 1.807) is 0 Å². The summed E-state index contributed by atoms with van der Waals surface area (Å²) >= 11 is 5.98. The second-order valence-electron chi connectivity index (χ2n) is 5.01. The number of nitrogens with zero attached hydrogens (tertiary/aromatic N) is 1. The maximum atomic E-state index is 12.0. The van der Waals surface area contributed by atoms with Crippen molar-refractivity contribution in [3.8, 4) is 0 Å². The van der Waals surface area contributed by atoms with Crippen molar-refractivity contribution >= 4 is 17.6 Å². The van der Waals surface area contributed by atoms with Gasteiger partial charge in [0.05, 0.1) is 6.61 Å². The number of benzene rings is 1. The molecule has 0 aromatic heterocycles. The van der Waals surface area contributed by atoms with Crippen LogP contribution in [0.1, 0.15) is 18.1 Å². The quantitative estimate of drug-likeness (QED) is 0.863. The molecule has 1 unspecified atom stereocenters. The van der Waals surface area contributed by atoms with Gasteiger partial charge >= 0.3 is 5.97 Å². The lowest BCUT2D eigenvalue weighted by atomic mass is 10.1.